The number of fused-ring (bicyclic) bond motifs is 1. The van der Waals surface area contributed by atoms with Crippen LogP contribution in [-0.2, 0) is 0 Å². The number of pyridine rings is 1. The van der Waals surface area contributed by atoms with E-state index in [-0.39, 0.29) is 6.10 Å². The monoisotopic (exact) mass is 241 g/mol. The molecule has 0 aliphatic heterocycles. The third-order valence-electron chi connectivity index (χ3n) is 4.35. The molecule has 1 saturated carbocycles. The fraction of sp³-hybridized carbons (Fsp3) is 0.438. The van der Waals surface area contributed by atoms with Crippen molar-refractivity contribution < 1.29 is 5.11 Å². The van der Waals surface area contributed by atoms with Gasteiger partial charge in [0.25, 0.3) is 0 Å². The summed E-state index contributed by atoms with van der Waals surface area (Å²) in [6.07, 6.45) is 6.93. The van der Waals surface area contributed by atoms with Gasteiger partial charge >= 0.3 is 0 Å². The predicted molar refractivity (Wildman–Crippen MR) is 73.2 cm³/mol. The van der Waals surface area contributed by atoms with Crippen molar-refractivity contribution in [1.29, 1.82) is 0 Å². The van der Waals surface area contributed by atoms with Gasteiger partial charge in [-0.25, -0.2) is 0 Å². The Morgan fingerprint density at radius 3 is 2.83 bits per heavy atom. The smallest absolute Gasteiger partial charge is 0.0841 e. The summed E-state index contributed by atoms with van der Waals surface area (Å²) in [5.74, 6) is 0.997. The molecular formula is C16H19NO. The summed E-state index contributed by atoms with van der Waals surface area (Å²) >= 11 is 0. The van der Waals surface area contributed by atoms with Crippen LogP contribution in [0.5, 0.6) is 0 Å². The zero-order valence-electron chi connectivity index (χ0n) is 10.7. The number of aliphatic hydroxyl groups is 1. The number of aliphatic hydroxyl groups excluding tert-OH is 1. The van der Waals surface area contributed by atoms with Crippen LogP contribution in [0.3, 0.4) is 0 Å². The maximum absolute atomic E-state index is 10.6. The lowest BCUT2D eigenvalue weighted by Gasteiger charge is -2.23. The van der Waals surface area contributed by atoms with Crippen LogP contribution in [0.2, 0.25) is 0 Å². The van der Waals surface area contributed by atoms with Gasteiger partial charge in [0.1, 0.15) is 0 Å². The van der Waals surface area contributed by atoms with Crippen LogP contribution in [0.4, 0.5) is 0 Å². The Labute approximate surface area is 108 Å². The van der Waals surface area contributed by atoms with E-state index in [1.54, 1.807) is 0 Å². The van der Waals surface area contributed by atoms with E-state index in [2.05, 4.69) is 24.0 Å². The van der Waals surface area contributed by atoms with E-state index in [9.17, 15) is 5.11 Å². The Bertz CT molecular complexity index is 546. The molecule has 3 rings (SSSR count). The van der Waals surface area contributed by atoms with Gasteiger partial charge in [-0.3, -0.25) is 4.98 Å². The largest absolute Gasteiger partial charge is 0.388 e. The lowest BCUT2D eigenvalue weighted by atomic mass is 9.87. The van der Waals surface area contributed by atoms with Gasteiger partial charge in [-0.15, -0.1) is 0 Å². The van der Waals surface area contributed by atoms with Crippen LogP contribution in [0.25, 0.3) is 10.8 Å². The van der Waals surface area contributed by atoms with E-state index in [4.69, 9.17) is 0 Å². The highest BCUT2D eigenvalue weighted by Gasteiger charge is 2.31. The van der Waals surface area contributed by atoms with E-state index in [1.165, 1.54) is 12.8 Å². The third kappa shape index (κ3) is 1.91. The van der Waals surface area contributed by atoms with Crippen molar-refractivity contribution >= 4 is 10.8 Å². The molecule has 1 fully saturated rings. The Morgan fingerprint density at radius 1 is 1.22 bits per heavy atom. The SMILES string of the molecule is CC1CCCC1C(O)c1cncc2ccccc12. The molecule has 0 bridgehead atoms. The second-order valence-corrected chi connectivity index (χ2v) is 5.47. The number of aromatic nitrogens is 1. The van der Waals surface area contributed by atoms with Crippen LogP contribution >= 0.6 is 0 Å². The minimum absolute atomic E-state index is 0.374. The van der Waals surface area contributed by atoms with Crippen molar-refractivity contribution in [2.24, 2.45) is 11.8 Å². The molecule has 0 saturated heterocycles. The first-order valence-corrected chi connectivity index (χ1v) is 6.78. The number of nitrogens with zero attached hydrogens (tertiary/aromatic N) is 1. The molecule has 2 heteroatoms. The molecule has 18 heavy (non-hydrogen) atoms. The van der Waals surface area contributed by atoms with E-state index in [0.717, 1.165) is 22.8 Å². The molecule has 94 valence electrons. The second kappa shape index (κ2) is 4.69. The number of rotatable bonds is 2. The summed E-state index contributed by atoms with van der Waals surface area (Å²) in [6.45, 7) is 2.25. The summed E-state index contributed by atoms with van der Waals surface area (Å²) in [7, 11) is 0. The fourth-order valence-corrected chi connectivity index (χ4v) is 3.25. The van der Waals surface area contributed by atoms with Crippen LogP contribution in [0.15, 0.2) is 36.7 Å². The summed E-state index contributed by atoms with van der Waals surface area (Å²) < 4.78 is 0. The van der Waals surface area contributed by atoms with Gasteiger partial charge in [0, 0.05) is 23.3 Å². The quantitative estimate of drug-likeness (QED) is 0.869. The molecule has 0 spiro atoms. The van der Waals surface area contributed by atoms with Gasteiger partial charge < -0.3 is 5.11 Å². The van der Waals surface area contributed by atoms with Crippen molar-refractivity contribution in [2.45, 2.75) is 32.3 Å². The Morgan fingerprint density at radius 2 is 2.06 bits per heavy atom. The van der Waals surface area contributed by atoms with Crippen molar-refractivity contribution in [3.05, 3.63) is 42.2 Å². The summed E-state index contributed by atoms with van der Waals surface area (Å²) in [4.78, 5) is 4.27. The zero-order valence-corrected chi connectivity index (χ0v) is 10.7. The van der Waals surface area contributed by atoms with Gasteiger partial charge in [0.15, 0.2) is 0 Å². The molecule has 1 aliphatic carbocycles. The molecule has 1 aromatic carbocycles. The van der Waals surface area contributed by atoms with Gasteiger partial charge in [-0.05, 0) is 23.6 Å². The average Bonchev–Trinajstić information content (AvgIpc) is 2.83. The van der Waals surface area contributed by atoms with Gasteiger partial charge in [0.2, 0.25) is 0 Å². The molecule has 3 unspecified atom stereocenters. The lowest BCUT2D eigenvalue weighted by Crippen LogP contribution is -2.15. The number of hydrogen-bond acceptors (Lipinski definition) is 2. The zero-order chi connectivity index (χ0) is 12.5. The van der Waals surface area contributed by atoms with Crippen molar-refractivity contribution in [3.8, 4) is 0 Å². The first kappa shape index (κ1) is 11.7. The standard InChI is InChI=1S/C16H19NO/c1-11-5-4-8-13(11)16(18)15-10-17-9-12-6-2-3-7-14(12)15/h2-3,6-7,9-11,13,16,18H,4-5,8H2,1H3. The highest BCUT2D eigenvalue weighted by molar-refractivity contribution is 5.84. The Kier molecular flexibility index (Phi) is 3.04. The van der Waals surface area contributed by atoms with Gasteiger partial charge in [-0.1, -0.05) is 44.0 Å². The van der Waals surface area contributed by atoms with Crippen LogP contribution in [-0.4, -0.2) is 10.1 Å². The van der Waals surface area contributed by atoms with Crippen LogP contribution in [0.1, 0.15) is 37.9 Å². The summed E-state index contributed by atoms with van der Waals surface area (Å²) in [5.41, 5.74) is 0.992. The topological polar surface area (TPSA) is 33.1 Å². The Hall–Kier alpha value is -1.41. The van der Waals surface area contributed by atoms with Crippen molar-refractivity contribution in [1.82, 2.24) is 4.98 Å². The third-order valence-corrected chi connectivity index (χ3v) is 4.35. The van der Waals surface area contributed by atoms with Crippen molar-refractivity contribution in [3.63, 3.8) is 0 Å². The van der Waals surface area contributed by atoms with Crippen molar-refractivity contribution in [2.75, 3.05) is 0 Å². The lowest BCUT2D eigenvalue weighted by molar-refractivity contribution is 0.0911. The first-order chi connectivity index (χ1) is 8.77. The normalized spacial score (nSPS) is 25.4. The minimum Gasteiger partial charge on any atom is -0.388 e. The minimum atomic E-state index is -0.374. The molecule has 0 amide bonds. The van der Waals surface area contributed by atoms with E-state index >= 15 is 0 Å². The highest BCUT2D eigenvalue weighted by Crippen LogP contribution is 2.41. The van der Waals surface area contributed by atoms with E-state index in [0.29, 0.717) is 11.8 Å². The van der Waals surface area contributed by atoms with E-state index in [1.807, 2.05) is 24.5 Å². The Balaban J connectivity index is 2.03. The number of hydrogen-bond donors (Lipinski definition) is 1. The molecule has 1 aromatic heterocycles. The molecule has 1 heterocycles. The summed E-state index contributed by atoms with van der Waals surface area (Å²) in [5, 5.41) is 12.9. The van der Waals surface area contributed by atoms with E-state index < -0.39 is 0 Å². The average molecular weight is 241 g/mol. The maximum Gasteiger partial charge on any atom is 0.0841 e. The molecule has 0 radical (unpaired) electrons. The highest BCUT2D eigenvalue weighted by atomic mass is 16.3. The molecule has 1 aliphatic rings. The first-order valence-electron chi connectivity index (χ1n) is 6.78. The molecular weight excluding hydrogens is 222 g/mol. The molecule has 2 aromatic rings. The molecule has 2 nitrogen and oxygen atoms in total. The maximum atomic E-state index is 10.6. The van der Waals surface area contributed by atoms with Crippen LogP contribution in [0, 0.1) is 11.8 Å². The molecule has 3 atom stereocenters. The van der Waals surface area contributed by atoms with Gasteiger partial charge in [0.05, 0.1) is 6.10 Å². The predicted octanol–water partition coefficient (Wildman–Crippen LogP) is 3.70. The summed E-state index contributed by atoms with van der Waals surface area (Å²) in [6, 6.07) is 8.17. The molecule has 1 N–H and O–H groups in total. The fourth-order valence-electron chi connectivity index (χ4n) is 3.25. The number of benzene rings is 1. The van der Waals surface area contributed by atoms with Crippen LogP contribution < -0.4 is 0 Å². The van der Waals surface area contributed by atoms with Gasteiger partial charge in [-0.2, -0.15) is 0 Å². The second-order valence-electron chi connectivity index (χ2n) is 5.47.